The number of benzene rings is 1. The van der Waals surface area contributed by atoms with Crippen LogP contribution in [0.25, 0.3) is 10.9 Å². The monoisotopic (exact) mass is 381 g/mol. The van der Waals surface area contributed by atoms with Gasteiger partial charge in [0.25, 0.3) is 11.8 Å². The highest BCUT2D eigenvalue weighted by molar-refractivity contribution is 5.98. The van der Waals surface area contributed by atoms with E-state index in [-0.39, 0.29) is 23.9 Å². The second kappa shape index (κ2) is 7.03. The van der Waals surface area contributed by atoms with E-state index in [1.54, 1.807) is 17.9 Å². The Morgan fingerprint density at radius 3 is 2.79 bits per heavy atom. The van der Waals surface area contributed by atoms with Gasteiger partial charge in [-0.1, -0.05) is 0 Å². The van der Waals surface area contributed by atoms with Crippen LogP contribution in [-0.4, -0.2) is 45.8 Å². The molecule has 0 radical (unpaired) electrons. The van der Waals surface area contributed by atoms with Gasteiger partial charge >= 0.3 is 0 Å². The second-order valence-corrected chi connectivity index (χ2v) is 7.34. The lowest BCUT2D eigenvalue weighted by atomic mass is 10.2. The van der Waals surface area contributed by atoms with Gasteiger partial charge in [-0.3, -0.25) is 14.3 Å². The molecule has 1 aliphatic rings. The van der Waals surface area contributed by atoms with E-state index in [0.717, 1.165) is 22.3 Å². The maximum absolute atomic E-state index is 12.6. The zero-order valence-electron chi connectivity index (χ0n) is 16.1. The third kappa shape index (κ3) is 3.45. The molecule has 2 amide bonds. The average molecular weight is 381 g/mol. The predicted octanol–water partition coefficient (Wildman–Crippen LogP) is 1.87. The molecule has 0 bridgehead atoms. The van der Waals surface area contributed by atoms with Crippen molar-refractivity contribution in [2.45, 2.75) is 38.9 Å². The maximum Gasteiger partial charge on any atom is 0.271 e. The summed E-state index contributed by atoms with van der Waals surface area (Å²) in [6.45, 7) is 4.37. The topological polar surface area (TPSA) is 101 Å². The Bertz CT molecular complexity index is 1030. The van der Waals surface area contributed by atoms with E-state index in [9.17, 15) is 9.59 Å². The lowest BCUT2D eigenvalue weighted by molar-refractivity contribution is 0.0921. The average Bonchev–Trinajstić information content (AvgIpc) is 3.32. The first-order valence-corrected chi connectivity index (χ1v) is 9.28. The van der Waals surface area contributed by atoms with Crippen LogP contribution in [0.15, 0.2) is 30.3 Å². The van der Waals surface area contributed by atoms with Crippen LogP contribution in [0.3, 0.4) is 0 Å². The van der Waals surface area contributed by atoms with Crippen molar-refractivity contribution >= 4 is 22.7 Å². The molecule has 2 aromatic heterocycles. The van der Waals surface area contributed by atoms with E-state index in [1.165, 1.54) is 0 Å². The molecule has 0 aliphatic carbocycles. The summed E-state index contributed by atoms with van der Waals surface area (Å²) in [5.74, 6) is 0.398. The molecule has 8 nitrogen and oxygen atoms in total. The normalized spacial score (nSPS) is 15.6. The lowest BCUT2D eigenvalue weighted by Crippen LogP contribution is -2.36. The van der Waals surface area contributed by atoms with Crippen LogP contribution >= 0.6 is 0 Å². The number of H-pyrrole nitrogens is 1. The molecule has 3 aromatic rings. The molecule has 4 rings (SSSR count). The van der Waals surface area contributed by atoms with Crippen LogP contribution in [0.2, 0.25) is 0 Å². The maximum atomic E-state index is 12.6. The Morgan fingerprint density at radius 2 is 2.07 bits per heavy atom. The van der Waals surface area contributed by atoms with Gasteiger partial charge in [0.1, 0.15) is 17.1 Å². The van der Waals surface area contributed by atoms with Crippen LogP contribution in [0.4, 0.5) is 0 Å². The van der Waals surface area contributed by atoms with Crippen molar-refractivity contribution in [1.29, 1.82) is 0 Å². The molecule has 146 valence electrons. The summed E-state index contributed by atoms with van der Waals surface area (Å²) in [4.78, 5) is 27.8. The molecule has 28 heavy (non-hydrogen) atoms. The summed E-state index contributed by atoms with van der Waals surface area (Å²) in [5.41, 5.74) is 2.72. The van der Waals surface area contributed by atoms with Crippen LogP contribution in [0.1, 0.15) is 40.5 Å². The standard InChI is InChI=1S/C20H23N5O3/c1-11(2)21-20(27)18-8-14-7-13(10-25(14)24-18)22-19(26)17-6-12-4-5-15(28-3)9-16(12)23-17/h4-6,8-9,11,13,23H,7,10H2,1-3H3,(H,21,27)(H,22,26). The number of hydrogen-bond donors (Lipinski definition) is 3. The van der Waals surface area contributed by atoms with Gasteiger partial charge in [-0.2, -0.15) is 5.10 Å². The molecule has 0 saturated carbocycles. The van der Waals surface area contributed by atoms with Crippen molar-refractivity contribution in [3.05, 3.63) is 47.4 Å². The first-order chi connectivity index (χ1) is 13.4. The van der Waals surface area contributed by atoms with Gasteiger partial charge in [0, 0.05) is 35.1 Å². The molecule has 3 N–H and O–H groups in total. The van der Waals surface area contributed by atoms with Crippen molar-refractivity contribution < 1.29 is 14.3 Å². The lowest BCUT2D eigenvalue weighted by Gasteiger charge is -2.11. The fourth-order valence-corrected chi connectivity index (χ4v) is 3.47. The van der Waals surface area contributed by atoms with Gasteiger partial charge in [-0.15, -0.1) is 0 Å². The molecule has 1 aromatic carbocycles. The molecule has 1 unspecified atom stereocenters. The van der Waals surface area contributed by atoms with Gasteiger partial charge in [-0.05, 0) is 38.1 Å². The predicted molar refractivity (Wildman–Crippen MR) is 105 cm³/mol. The quantitative estimate of drug-likeness (QED) is 0.628. The van der Waals surface area contributed by atoms with Gasteiger partial charge in [0.05, 0.1) is 19.7 Å². The molecule has 8 heteroatoms. The molecule has 1 aliphatic heterocycles. The zero-order chi connectivity index (χ0) is 19.8. The Labute approximate surface area is 162 Å². The molecular formula is C20H23N5O3. The number of methoxy groups -OCH3 is 1. The first-order valence-electron chi connectivity index (χ1n) is 9.28. The largest absolute Gasteiger partial charge is 0.497 e. The number of rotatable bonds is 5. The van der Waals surface area contributed by atoms with Crippen molar-refractivity contribution in [2.24, 2.45) is 0 Å². The summed E-state index contributed by atoms with van der Waals surface area (Å²) in [6, 6.07) is 9.26. The molecule has 0 saturated heterocycles. The molecule has 0 spiro atoms. The fourth-order valence-electron chi connectivity index (χ4n) is 3.47. The summed E-state index contributed by atoms with van der Waals surface area (Å²) >= 11 is 0. The molecule has 1 atom stereocenters. The highest BCUT2D eigenvalue weighted by Gasteiger charge is 2.27. The van der Waals surface area contributed by atoms with E-state index >= 15 is 0 Å². The number of carbonyl (C=O) groups excluding carboxylic acids is 2. The minimum absolute atomic E-state index is 0.0573. The number of carbonyl (C=O) groups is 2. The Morgan fingerprint density at radius 1 is 1.25 bits per heavy atom. The number of fused-ring (bicyclic) bond motifs is 2. The van der Waals surface area contributed by atoms with Gasteiger partial charge < -0.3 is 20.4 Å². The minimum atomic E-state index is -0.175. The Balaban J connectivity index is 1.41. The minimum Gasteiger partial charge on any atom is -0.497 e. The number of nitrogens with one attached hydrogen (secondary N) is 3. The summed E-state index contributed by atoms with van der Waals surface area (Å²) in [7, 11) is 1.61. The van der Waals surface area contributed by atoms with Crippen LogP contribution in [0.5, 0.6) is 5.75 Å². The second-order valence-electron chi connectivity index (χ2n) is 7.34. The van der Waals surface area contributed by atoms with E-state index in [1.807, 2.05) is 38.1 Å². The van der Waals surface area contributed by atoms with Crippen LogP contribution in [0, 0.1) is 0 Å². The summed E-state index contributed by atoms with van der Waals surface area (Å²) in [5, 5.41) is 11.2. The zero-order valence-corrected chi connectivity index (χ0v) is 16.1. The highest BCUT2D eigenvalue weighted by Crippen LogP contribution is 2.22. The van der Waals surface area contributed by atoms with Gasteiger partial charge in [0.2, 0.25) is 0 Å². The van der Waals surface area contributed by atoms with E-state index in [0.29, 0.717) is 24.4 Å². The molecular weight excluding hydrogens is 358 g/mol. The Kier molecular flexibility index (Phi) is 4.54. The summed E-state index contributed by atoms with van der Waals surface area (Å²) < 4.78 is 7.00. The number of amides is 2. The first kappa shape index (κ1) is 18.1. The van der Waals surface area contributed by atoms with Crippen LogP contribution < -0.4 is 15.4 Å². The summed E-state index contributed by atoms with van der Waals surface area (Å²) in [6.07, 6.45) is 0.641. The third-order valence-corrected chi connectivity index (χ3v) is 4.77. The van der Waals surface area contributed by atoms with Crippen molar-refractivity contribution in [3.63, 3.8) is 0 Å². The number of nitrogens with zero attached hydrogens (tertiary/aromatic N) is 2. The molecule has 3 heterocycles. The van der Waals surface area contributed by atoms with Crippen molar-refractivity contribution in [2.75, 3.05) is 7.11 Å². The molecule has 0 fully saturated rings. The van der Waals surface area contributed by atoms with Gasteiger partial charge in [0.15, 0.2) is 0 Å². The van der Waals surface area contributed by atoms with Gasteiger partial charge in [-0.25, -0.2) is 0 Å². The number of ether oxygens (including phenoxy) is 1. The Hall–Kier alpha value is -3.29. The van der Waals surface area contributed by atoms with Crippen LogP contribution in [-0.2, 0) is 13.0 Å². The number of hydrogen-bond acceptors (Lipinski definition) is 4. The van der Waals surface area contributed by atoms with Crippen molar-refractivity contribution in [3.8, 4) is 5.75 Å². The SMILES string of the molecule is COc1ccc2cc(C(=O)NC3Cc4cc(C(=O)NC(C)C)nn4C3)[nH]c2c1. The highest BCUT2D eigenvalue weighted by atomic mass is 16.5. The smallest absolute Gasteiger partial charge is 0.271 e. The van der Waals surface area contributed by atoms with E-state index in [2.05, 4.69) is 20.7 Å². The third-order valence-electron chi connectivity index (χ3n) is 4.77. The van der Waals surface area contributed by atoms with E-state index in [4.69, 9.17) is 4.74 Å². The number of aromatic amines is 1. The fraction of sp³-hybridized carbons (Fsp3) is 0.350. The van der Waals surface area contributed by atoms with Crippen molar-refractivity contribution in [1.82, 2.24) is 25.4 Å². The number of aromatic nitrogens is 3. The van der Waals surface area contributed by atoms with E-state index < -0.39 is 0 Å².